The van der Waals surface area contributed by atoms with E-state index < -0.39 is 16.0 Å². The van der Waals surface area contributed by atoms with Gasteiger partial charge in [-0.1, -0.05) is 0 Å². The van der Waals surface area contributed by atoms with Gasteiger partial charge in [0.15, 0.2) is 10.8 Å². The van der Waals surface area contributed by atoms with Gasteiger partial charge in [0, 0.05) is 13.1 Å². The molecule has 1 aliphatic rings. The van der Waals surface area contributed by atoms with Gasteiger partial charge >= 0.3 is 5.97 Å². The number of nitrogens with zero attached hydrogens (tertiary/aromatic N) is 3. The number of aromatic nitrogens is 2. The fourth-order valence-electron chi connectivity index (χ4n) is 1.97. The van der Waals surface area contributed by atoms with E-state index in [0.717, 1.165) is 17.1 Å². The lowest BCUT2D eigenvalue weighted by Gasteiger charge is -2.21. The molecule has 0 bridgehead atoms. The number of ether oxygens (including phenoxy) is 1. The molecule has 1 aromatic rings. The van der Waals surface area contributed by atoms with Crippen molar-refractivity contribution in [3.05, 3.63) is 6.33 Å². The van der Waals surface area contributed by atoms with Crippen molar-refractivity contribution < 1.29 is 17.9 Å². The van der Waals surface area contributed by atoms with Gasteiger partial charge in [-0.15, -0.1) is 0 Å². The molecule has 0 unspecified atom stereocenters. The van der Waals surface area contributed by atoms with Crippen LogP contribution in [0, 0.1) is 0 Å². The van der Waals surface area contributed by atoms with Crippen LogP contribution < -0.4 is 5.73 Å². The van der Waals surface area contributed by atoms with Crippen LogP contribution in [0.2, 0.25) is 0 Å². The van der Waals surface area contributed by atoms with Crippen molar-refractivity contribution in [3.8, 4) is 0 Å². The van der Waals surface area contributed by atoms with Gasteiger partial charge in [-0.2, -0.15) is 4.31 Å². The third kappa shape index (κ3) is 2.78. The first-order valence-corrected chi connectivity index (χ1v) is 7.76. The fraction of sp³-hybridized carbons (Fsp3) is 0.636. The Morgan fingerprint density at radius 3 is 2.70 bits per heavy atom. The number of anilines is 1. The zero-order valence-corrected chi connectivity index (χ0v) is 12.3. The van der Waals surface area contributed by atoms with E-state index in [2.05, 4.69) is 4.98 Å². The summed E-state index contributed by atoms with van der Waals surface area (Å²) >= 11 is 0. The van der Waals surface area contributed by atoms with Gasteiger partial charge < -0.3 is 15.0 Å². The van der Waals surface area contributed by atoms with Gasteiger partial charge in [0.2, 0.25) is 0 Å². The van der Waals surface area contributed by atoms with Gasteiger partial charge in [0.1, 0.15) is 6.54 Å². The number of hydrogen-bond acceptors (Lipinski definition) is 6. The molecule has 20 heavy (non-hydrogen) atoms. The first-order valence-electron chi connectivity index (χ1n) is 6.32. The lowest BCUT2D eigenvalue weighted by Crippen LogP contribution is -2.39. The molecule has 2 rings (SSSR count). The summed E-state index contributed by atoms with van der Waals surface area (Å²) in [7, 11) is -2.31. The van der Waals surface area contributed by atoms with Crippen LogP contribution in [-0.2, 0) is 26.6 Å². The van der Waals surface area contributed by atoms with Crippen LogP contribution in [0.15, 0.2) is 11.4 Å². The maximum Gasteiger partial charge on any atom is 0.321 e. The molecule has 0 atom stereocenters. The molecule has 2 N–H and O–H groups in total. The molecule has 1 aliphatic carbocycles. The highest BCUT2D eigenvalue weighted by Gasteiger charge is 2.41. The SMILES string of the molecule is CCOC(=O)CN(C1CC1)S(=O)(=O)c1c(N)ncn1C. The van der Waals surface area contributed by atoms with Crippen molar-refractivity contribution in [1.29, 1.82) is 0 Å². The highest BCUT2D eigenvalue weighted by atomic mass is 32.2. The van der Waals surface area contributed by atoms with E-state index in [0.29, 0.717) is 0 Å². The minimum atomic E-state index is -3.86. The number of esters is 1. The maximum atomic E-state index is 12.6. The molecule has 0 aromatic carbocycles. The minimum Gasteiger partial charge on any atom is -0.465 e. The Bertz CT molecular complexity index is 586. The van der Waals surface area contributed by atoms with E-state index >= 15 is 0 Å². The molecule has 0 radical (unpaired) electrons. The number of carbonyl (C=O) groups excluding carboxylic acids is 1. The Labute approximate surface area is 117 Å². The third-order valence-electron chi connectivity index (χ3n) is 3.01. The first-order chi connectivity index (χ1) is 9.37. The Hall–Kier alpha value is -1.61. The van der Waals surface area contributed by atoms with E-state index in [1.807, 2.05) is 0 Å². The number of hydrogen-bond donors (Lipinski definition) is 1. The molecular formula is C11H18N4O4S. The number of nitrogens with two attached hydrogens (primary N) is 1. The summed E-state index contributed by atoms with van der Waals surface area (Å²) in [5, 5.41) is -0.0892. The maximum absolute atomic E-state index is 12.6. The van der Waals surface area contributed by atoms with Gasteiger partial charge in [-0.05, 0) is 19.8 Å². The number of carbonyl (C=O) groups is 1. The van der Waals surface area contributed by atoms with Gasteiger partial charge in [0.05, 0.1) is 12.9 Å². The van der Waals surface area contributed by atoms with E-state index in [4.69, 9.17) is 10.5 Å². The topological polar surface area (TPSA) is 108 Å². The standard InChI is InChI=1S/C11H18N4O4S/c1-3-19-9(16)6-15(8-4-5-8)20(17,18)11-10(12)13-7-14(11)2/h7-8H,3-6,12H2,1-2H3. The lowest BCUT2D eigenvalue weighted by molar-refractivity contribution is -0.143. The van der Waals surface area contributed by atoms with Crippen molar-refractivity contribution >= 4 is 21.8 Å². The van der Waals surface area contributed by atoms with E-state index in [9.17, 15) is 13.2 Å². The average molecular weight is 302 g/mol. The van der Waals surface area contributed by atoms with Crippen LogP contribution in [0.5, 0.6) is 0 Å². The minimum absolute atomic E-state index is 0.0676. The second-order valence-corrected chi connectivity index (χ2v) is 6.44. The monoisotopic (exact) mass is 302 g/mol. The number of rotatable bonds is 6. The van der Waals surface area contributed by atoms with E-state index in [-0.39, 0.29) is 30.0 Å². The van der Waals surface area contributed by atoms with Crippen LogP contribution in [-0.4, -0.2) is 47.4 Å². The number of sulfonamides is 1. The summed E-state index contributed by atoms with van der Waals surface area (Å²) in [5.74, 6) is -0.634. The Kier molecular flexibility index (Phi) is 4.00. The second-order valence-electron chi connectivity index (χ2n) is 4.63. The zero-order chi connectivity index (χ0) is 14.9. The highest BCUT2D eigenvalue weighted by molar-refractivity contribution is 7.89. The van der Waals surface area contributed by atoms with Crippen LogP contribution in [0.3, 0.4) is 0 Å². The molecule has 8 nitrogen and oxygen atoms in total. The van der Waals surface area contributed by atoms with Crippen LogP contribution in [0.4, 0.5) is 5.82 Å². The molecule has 112 valence electrons. The first kappa shape index (κ1) is 14.8. The van der Waals surface area contributed by atoms with Gasteiger partial charge in [0.25, 0.3) is 10.0 Å². The Morgan fingerprint density at radius 2 is 2.25 bits per heavy atom. The average Bonchev–Trinajstić information content (AvgIpc) is 3.12. The van der Waals surface area contributed by atoms with Crippen LogP contribution in [0.25, 0.3) is 0 Å². The van der Waals surface area contributed by atoms with Crippen LogP contribution >= 0.6 is 0 Å². The predicted octanol–water partition coefficient (Wildman–Crippen LogP) is -0.281. The van der Waals surface area contributed by atoms with E-state index in [1.165, 1.54) is 10.9 Å². The molecule has 0 aliphatic heterocycles. The summed E-state index contributed by atoms with van der Waals surface area (Å²) < 4.78 is 32.6. The molecule has 1 heterocycles. The predicted molar refractivity (Wildman–Crippen MR) is 71.2 cm³/mol. The summed E-state index contributed by atoms with van der Waals surface area (Å²) in [6.45, 7) is 1.59. The smallest absolute Gasteiger partial charge is 0.321 e. The molecular weight excluding hydrogens is 284 g/mol. The molecule has 1 saturated carbocycles. The second kappa shape index (κ2) is 5.41. The van der Waals surface area contributed by atoms with Crippen molar-refractivity contribution in [2.75, 3.05) is 18.9 Å². The Balaban J connectivity index is 2.31. The number of nitrogen functional groups attached to an aromatic ring is 1. The van der Waals surface area contributed by atoms with Crippen molar-refractivity contribution in [1.82, 2.24) is 13.9 Å². The molecule has 9 heteroatoms. The van der Waals surface area contributed by atoms with Gasteiger partial charge in [-0.3, -0.25) is 4.79 Å². The lowest BCUT2D eigenvalue weighted by atomic mass is 10.6. The summed E-state index contributed by atoms with van der Waals surface area (Å²) in [4.78, 5) is 15.4. The zero-order valence-electron chi connectivity index (χ0n) is 11.4. The van der Waals surface area contributed by atoms with Crippen LogP contribution in [0.1, 0.15) is 19.8 Å². The largest absolute Gasteiger partial charge is 0.465 e. The Morgan fingerprint density at radius 1 is 1.60 bits per heavy atom. The van der Waals surface area contributed by atoms with Crippen molar-refractivity contribution in [2.24, 2.45) is 7.05 Å². The molecule has 1 fully saturated rings. The molecule has 0 spiro atoms. The summed E-state index contributed by atoms with van der Waals surface area (Å²) in [6, 6.07) is -0.168. The fourth-order valence-corrected chi connectivity index (χ4v) is 3.80. The number of imidazole rings is 1. The number of aryl methyl sites for hydroxylation is 1. The summed E-state index contributed by atoms with van der Waals surface area (Å²) in [6.07, 6.45) is 2.80. The molecule has 1 aromatic heterocycles. The summed E-state index contributed by atoms with van der Waals surface area (Å²) in [5.41, 5.74) is 5.62. The molecule has 0 amide bonds. The third-order valence-corrected chi connectivity index (χ3v) is 5.04. The highest BCUT2D eigenvalue weighted by Crippen LogP contribution is 2.33. The quantitative estimate of drug-likeness (QED) is 0.724. The van der Waals surface area contributed by atoms with Crippen molar-refractivity contribution in [2.45, 2.75) is 30.8 Å². The van der Waals surface area contributed by atoms with E-state index in [1.54, 1.807) is 14.0 Å². The molecule has 0 saturated heterocycles. The normalized spacial score (nSPS) is 15.6. The van der Waals surface area contributed by atoms with Crippen molar-refractivity contribution in [3.63, 3.8) is 0 Å². The van der Waals surface area contributed by atoms with Gasteiger partial charge in [-0.25, -0.2) is 13.4 Å².